The molecular formula is C16H20N4O2. The van der Waals surface area contributed by atoms with Crippen molar-refractivity contribution in [2.45, 2.75) is 39.2 Å². The first-order valence-electron chi connectivity index (χ1n) is 7.39. The third kappa shape index (κ3) is 4.25. The number of benzene rings is 1. The largest absolute Gasteiger partial charge is 0.348 e. The van der Waals surface area contributed by atoms with Gasteiger partial charge in [-0.2, -0.15) is 0 Å². The van der Waals surface area contributed by atoms with Gasteiger partial charge in [-0.25, -0.2) is 0 Å². The van der Waals surface area contributed by atoms with Gasteiger partial charge >= 0.3 is 0 Å². The molecule has 0 fully saturated rings. The van der Waals surface area contributed by atoms with Crippen LogP contribution in [-0.2, 0) is 11.2 Å². The molecule has 0 radical (unpaired) electrons. The van der Waals surface area contributed by atoms with E-state index in [1.165, 1.54) is 0 Å². The fourth-order valence-corrected chi connectivity index (χ4v) is 2.14. The number of hydrogen-bond donors (Lipinski definition) is 2. The number of hydrogen-bond acceptors (Lipinski definition) is 4. The van der Waals surface area contributed by atoms with Crippen molar-refractivity contribution < 1.29 is 4.79 Å². The summed E-state index contributed by atoms with van der Waals surface area (Å²) in [6, 6.07) is 9.26. The highest BCUT2D eigenvalue weighted by Crippen LogP contribution is 2.06. The fraction of sp³-hybridized carbons (Fsp3) is 0.375. The fourth-order valence-electron chi connectivity index (χ4n) is 2.14. The average Bonchev–Trinajstić information content (AvgIpc) is 2.48. The zero-order valence-electron chi connectivity index (χ0n) is 12.8. The standard InChI is InChI=1S/C16H20N4O2/c1-3-7-14(21)17-11(2)15-16(22)18-13(19-20-15)10-12-8-5-4-6-9-12/h4-6,8-9,11H,3,7,10H2,1-2H3,(H,17,21)(H,18,19,22). The van der Waals surface area contributed by atoms with Crippen LogP contribution in [0.5, 0.6) is 0 Å². The van der Waals surface area contributed by atoms with Crippen LogP contribution in [0.15, 0.2) is 35.1 Å². The van der Waals surface area contributed by atoms with Gasteiger partial charge in [-0.15, -0.1) is 10.2 Å². The number of carbonyl (C=O) groups is 1. The van der Waals surface area contributed by atoms with E-state index in [4.69, 9.17) is 0 Å². The summed E-state index contributed by atoms with van der Waals surface area (Å²) >= 11 is 0. The third-order valence-electron chi connectivity index (χ3n) is 3.25. The van der Waals surface area contributed by atoms with E-state index in [0.717, 1.165) is 12.0 Å². The van der Waals surface area contributed by atoms with Gasteiger partial charge in [-0.05, 0) is 18.9 Å². The zero-order chi connectivity index (χ0) is 15.9. The van der Waals surface area contributed by atoms with Gasteiger partial charge in [0, 0.05) is 12.8 Å². The maximum Gasteiger partial charge on any atom is 0.275 e. The highest BCUT2D eigenvalue weighted by molar-refractivity contribution is 5.76. The number of aromatic amines is 1. The number of rotatable bonds is 6. The molecule has 6 heteroatoms. The van der Waals surface area contributed by atoms with Gasteiger partial charge in [0.2, 0.25) is 5.91 Å². The lowest BCUT2D eigenvalue weighted by atomic mass is 10.1. The molecule has 6 nitrogen and oxygen atoms in total. The van der Waals surface area contributed by atoms with Crippen molar-refractivity contribution in [2.24, 2.45) is 0 Å². The molecule has 2 aromatic rings. The Labute approximate surface area is 129 Å². The van der Waals surface area contributed by atoms with Crippen LogP contribution < -0.4 is 10.9 Å². The van der Waals surface area contributed by atoms with Gasteiger partial charge in [-0.3, -0.25) is 9.59 Å². The van der Waals surface area contributed by atoms with E-state index < -0.39 is 6.04 Å². The Morgan fingerprint density at radius 2 is 2.00 bits per heavy atom. The maximum absolute atomic E-state index is 12.1. The predicted octanol–water partition coefficient (Wildman–Crippen LogP) is 1.73. The molecule has 0 saturated carbocycles. The predicted molar refractivity (Wildman–Crippen MR) is 83.4 cm³/mol. The average molecular weight is 300 g/mol. The van der Waals surface area contributed by atoms with Gasteiger partial charge in [0.05, 0.1) is 6.04 Å². The number of H-pyrrole nitrogens is 1. The first-order valence-corrected chi connectivity index (χ1v) is 7.39. The Hall–Kier alpha value is -2.50. The van der Waals surface area contributed by atoms with Crippen molar-refractivity contribution in [3.05, 3.63) is 57.8 Å². The van der Waals surface area contributed by atoms with Gasteiger partial charge in [-0.1, -0.05) is 37.3 Å². The maximum atomic E-state index is 12.1. The van der Waals surface area contributed by atoms with Crippen molar-refractivity contribution in [1.29, 1.82) is 0 Å². The van der Waals surface area contributed by atoms with Crippen molar-refractivity contribution in [3.63, 3.8) is 0 Å². The monoisotopic (exact) mass is 300 g/mol. The van der Waals surface area contributed by atoms with Crippen molar-refractivity contribution in [2.75, 3.05) is 0 Å². The van der Waals surface area contributed by atoms with Gasteiger partial charge in [0.15, 0.2) is 0 Å². The summed E-state index contributed by atoms with van der Waals surface area (Å²) in [5.74, 6) is 0.414. The molecule has 2 rings (SSSR count). The molecule has 0 aliphatic carbocycles. The Morgan fingerprint density at radius 1 is 1.27 bits per heavy atom. The lowest BCUT2D eigenvalue weighted by Crippen LogP contribution is -2.32. The molecule has 0 aliphatic heterocycles. The number of carbonyl (C=O) groups excluding carboxylic acids is 1. The van der Waals surface area contributed by atoms with E-state index in [-0.39, 0.29) is 17.2 Å². The van der Waals surface area contributed by atoms with E-state index in [0.29, 0.717) is 18.7 Å². The highest BCUT2D eigenvalue weighted by Gasteiger charge is 2.15. The van der Waals surface area contributed by atoms with E-state index >= 15 is 0 Å². The Kier molecular flexibility index (Phi) is 5.41. The Balaban J connectivity index is 2.09. The van der Waals surface area contributed by atoms with Crippen LogP contribution in [0.25, 0.3) is 0 Å². The number of aromatic nitrogens is 3. The first kappa shape index (κ1) is 15.9. The minimum Gasteiger partial charge on any atom is -0.348 e. The second kappa shape index (κ2) is 7.49. The summed E-state index contributed by atoms with van der Waals surface area (Å²) in [7, 11) is 0. The van der Waals surface area contributed by atoms with Crippen molar-refractivity contribution >= 4 is 5.91 Å². The van der Waals surface area contributed by atoms with Crippen molar-refractivity contribution in [1.82, 2.24) is 20.5 Å². The van der Waals surface area contributed by atoms with Crippen LogP contribution in [0, 0.1) is 0 Å². The topological polar surface area (TPSA) is 87.7 Å². The molecule has 1 unspecified atom stereocenters. The summed E-state index contributed by atoms with van der Waals surface area (Å²) in [5, 5.41) is 10.8. The molecule has 1 aromatic heterocycles. The molecule has 1 heterocycles. The van der Waals surface area contributed by atoms with Gasteiger partial charge < -0.3 is 10.3 Å². The molecule has 1 amide bonds. The van der Waals surface area contributed by atoms with Gasteiger partial charge in [0.1, 0.15) is 11.5 Å². The molecule has 116 valence electrons. The lowest BCUT2D eigenvalue weighted by Gasteiger charge is -2.12. The summed E-state index contributed by atoms with van der Waals surface area (Å²) in [5.41, 5.74) is 0.955. The number of nitrogens with one attached hydrogen (secondary N) is 2. The second-order valence-corrected chi connectivity index (χ2v) is 5.19. The van der Waals surface area contributed by atoms with Crippen LogP contribution in [0.4, 0.5) is 0 Å². The summed E-state index contributed by atoms with van der Waals surface area (Å²) < 4.78 is 0. The molecule has 0 bridgehead atoms. The SMILES string of the molecule is CCCC(=O)NC(C)c1nnc(Cc2ccccc2)[nH]c1=O. The van der Waals surface area contributed by atoms with E-state index in [9.17, 15) is 9.59 Å². The summed E-state index contributed by atoms with van der Waals surface area (Å²) in [6.07, 6.45) is 1.71. The molecule has 1 aromatic carbocycles. The molecule has 0 saturated heterocycles. The van der Waals surface area contributed by atoms with Crippen LogP contribution in [-0.4, -0.2) is 21.1 Å². The number of amides is 1. The minimum absolute atomic E-state index is 0.0930. The minimum atomic E-state index is -0.457. The van der Waals surface area contributed by atoms with E-state index in [2.05, 4.69) is 20.5 Å². The molecule has 0 aliphatic rings. The van der Waals surface area contributed by atoms with Crippen LogP contribution in [0.1, 0.15) is 49.8 Å². The third-order valence-corrected chi connectivity index (χ3v) is 3.25. The molecule has 1 atom stereocenters. The quantitative estimate of drug-likeness (QED) is 0.850. The second-order valence-electron chi connectivity index (χ2n) is 5.19. The lowest BCUT2D eigenvalue weighted by molar-refractivity contribution is -0.121. The summed E-state index contributed by atoms with van der Waals surface area (Å²) in [6.45, 7) is 3.65. The van der Waals surface area contributed by atoms with Gasteiger partial charge in [0.25, 0.3) is 5.56 Å². The normalized spacial score (nSPS) is 11.9. The van der Waals surface area contributed by atoms with Crippen LogP contribution in [0.3, 0.4) is 0 Å². The summed E-state index contributed by atoms with van der Waals surface area (Å²) in [4.78, 5) is 26.4. The molecular weight excluding hydrogens is 280 g/mol. The van der Waals surface area contributed by atoms with Crippen LogP contribution >= 0.6 is 0 Å². The Morgan fingerprint density at radius 3 is 2.64 bits per heavy atom. The van der Waals surface area contributed by atoms with E-state index in [1.54, 1.807) is 6.92 Å². The molecule has 2 N–H and O–H groups in total. The number of nitrogens with zero attached hydrogens (tertiary/aromatic N) is 2. The smallest absolute Gasteiger partial charge is 0.275 e. The Bertz CT molecular complexity index is 682. The van der Waals surface area contributed by atoms with E-state index in [1.807, 2.05) is 37.3 Å². The zero-order valence-corrected chi connectivity index (χ0v) is 12.8. The molecule has 0 spiro atoms. The molecule has 22 heavy (non-hydrogen) atoms. The van der Waals surface area contributed by atoms with Crippen LogP contribution in [0.2, 0.25) is 0 Å². The van der Waals surface area contributed by atoms with Crippen molar-refractivity contribution in [3.8, 4) is 0 Å². The first-order chi connectivity index (χ1) is 10.6. The highest BCUT2D eigenvalue weighted by atomic mass is 16.2.